The van der Waals surface area contributed by atoms with Crippen molar-refractivity contribution in [2.45, 2.75) is 11.7 Å². The molecule has 4 rings (SSSR count). The van der Waals surface area contributed by atoms with Crippen molar-refractivity contribution >= 4 is 29.9 Å². The number of thioether (sulfide) groups is 1. The molecule has 2 heterocycles. The van der Waals surface area contributed by atoms with Gasteiger partial charge in [0.1, 0.15) is 0 Å². The summed E-state index contributed by atoms with van der Waals surface area (Å²) in [7, 11) is 1.80. The maximum atomic E-state index is 12.4. The SMILES string of the molecule is Cn1c(CNC(=O)CSc2nnc(-c3ccccc3)n2-c2ccccc2)n[nH]c1=S. The molecule has 152 valence electrons. The lowest BCUT2D eigenvalue weighted by Gasteiger charge is -2.10. The van der Waals surface area contributed by atoms with Crippen LogP contribution in [0.1, 0.15) is 5.82 Å². The number of para-hydroxylation sites is 1. The largest absolute Gasteiger partial charge is 0.348 e. The van der Waals surface area contributed by atoms with Crippen molar-refractivity contribution < 1.29 is 4.79 Å². The molecule has 30 heavy (non-hydrogen) atoms. The number of aromatic amines is 1. The van der Waals surface area contributed by atoms with E-state index in [2.05, 4.69) is 25.7 Å². The highest BCUT2D eigenvalue weighted by atomic mass is 32.2. The molecule has 0 atom stereocenters. The van der Waals surface area contributed by atoms with Crippen LogP contribution in [0.4, 0.5) is 0 Å². The molecule has 0 saturated carbocycles. The van der Waals surface area contributed by atoms with E-state index in [1.165, 1.54) is 11.8 Å². The van der Waals surface area contributed by atoms with E-state index in [0.29, 0.717) is 22.3 Å². The van der Waals surface area contributed by atoms with E-state index in [1.54, 1.807) is 11.6 Å². The minimum absolute atomic E-state index is 0.127. The van der Waals surface area contributed by atoms with Gasteiger partial charge in [0.05, 0.1) is 12.3 Å². The first kappa shape index (κ1) is 20.0. The van der Waals surface area contributed by atoms with E-state index in [9.17, 15) is 4.79 Å². The first-order chi connectivity index (χ1) is 14.6. The average Bonchev–Trinajstić information content (AvgIpc) is 3.35. The van der Waals surface area contributed by atoms with Crippen LogP contribution in [0.25, 0.3) is 17.1 Å². The molecule has 4 aromatic rings. The Hall–Kier alpha value is -3.24. The Morgan fingerprint density at radius 3 is 2.47 bits per heavy atom. The van der Waals surface area contributed by atoms with Crippen molar-refractivity contribution in [3.63, 3.8) is 0 Å². The Morgan fingerprint density at radius 1 is 1.10 bits per heavy atom. The second-order valence-corrected chi connectivity index (χ2v) is 7.74. The van der Waals surface area contributed by atoms with E-state index in [1.807, 2.05) is 65.2 Å². The van der Waals surface area contributed by atoms with Crippen molar-refractivity contribution in [2.24, 2.45) is 7.05 Å². The predicted molar refractivity (Wildman–Crippen MR) is 118 cm³/mol. The van der Waals surface area contributed by atoms with Crippen LogP contribution in [0.15, 0.2) is 65.8 Å². The summed E-state index contributed by atoms with van der Waals surface area (Å²) in [5.41, 5.74) is 1.89. The lowest BCUT2D eigenvalue weighted by atomic mass is 10.2. The van der Waals surface area contributed by atoms with Crippen molar-refractivity contribution in [2.75, 3.05) is 5.75 Å². The highest BCUT2D eigenvalue weighted by Crippen LogP contribution is 2.27. The topological polar surface area (TPSA) is 93.4 Å². The molecule has 2 N–H and O–H groups in total. The van der Waals surface area contributed by atoms with Crippen LogP contribution in [0.5, 0.6) is 0 Å². The van der Waals surface area contributed by atoms with Gasteiger partial charge in [0.25, 0.3) is 0 Å². The quantitative estimate of drug-likeness (QED) is 0.341. The maximum Gasteiger partial charge on any atom is 0.230 e. The Labute approximate surface area is 182 Å². The smallest absolute Gasteiger partial charge is 0.230 e. The standard InChI is InChI=1S/C20H19N7OS2/c1-26-16(22-24-19(26)29)12-21-17(28)13-30-20-25-23-18(14-8-4-2-5-9-14)27(20)15-10-6-3-7-11-15/h2-11H,12-13H2,1H3,(H,21,28)(H,24,29). The predicted octanol–water partition coefficient (Wildman–Crippen LogP) is 3.13. The summed E-state index contributed by atoms with van der Waals surface area (Å²) in [6, 6.07) is 19.7. The van der Waals surface area contributed by atoms with E-state index in [0.717, 1.165) is 17.1 Å². The van der Waals surface area contributed by atoms with Gasteiger partial charge in [0.15, 0.2) is 21.6 Å². The molecular weight excluding hydrogens is 418 g/mol. The number of H-pyrrole nitrogens is 1. The fourth-order valence-corrected chi connectivity index (χ4v) is 3.78. The number of rotatable bonds is 7. The monoisotopic (exact) mass is 437 g/mol. The van der Waals surface area contributed by atoms with E-state index < -0.39 is 0 Å². The van der Waals surface area contributed by atoms with Crippen LogP contribution in [0, 0.1) is 4.77 Å². The molecule has 2 aromatic heterocycles. The van der Waals surface area contributed by atoms with Crippen LogP contribution in [0.2, 0.25) is 0 Å². The summed E-state index contributed by atoms with van der Waals surface area (Å²) >= 11 is 6.41. The van der Waals surface area contributed by atoms with Crippen LogP contribution in [-0.2, 0) is 18.4 Å². The van der Waals surface area contributed by atoms with Gasteiger partial charge in [-0.2, -0.15) is 5.10 Å². The van der Waals surface area contributed by atoms with Crippen molar-refractivity contribution in [3.8, 4) is 17.1 Å². The summed E-state index contributed by atoms with van der Waals surface area (Å²) in [6.07, 6.45) is 0. The third kappa shape index (κ3) is 4.34. The van der Waals surface area contributed by atoms with Crippen LogP contribution in [0.3, 0.4) is 0 Å². The van der Waals surface area contributed by atoms with Gasteiger partial charge in [-0.15, -0.1) is 10.2 Å². The molecule has 2 aromatic carbocycles. The van der Waals surface area contributed by atoms with Gasteiger partial charge >= 0.3 is 0 Å². The molecule has 0 bridgehead atoms. The minimum Gasteiger partial charge on any atom is -0.348 e. The van der Waals surface area contributed by atoms with E-state index in [-0.39, 0.29) is 11.7 Å². The number of amides is 1. The Balaban J connectivity index is 1.51. The zero-order chi connectivity index (χ0) is 20.9. The van der Waals surface area contributed by atoms with Gasteiger partial charge in [0, 0.05) is 18.3 Å². The van der Waals surface area contributed by atoms with Gasteiger partial charge in [-0.1, -0.05) is 60.3 Å². The normalized spacial score (nSPS) is 10.8. The van der Waals surface area contributed by atoms with Crippen LogP contribution < -0.4 is 5.32 Å². The zero-order valence-electron chi connectivity index (χ0n) is 16.1. The van der Waals surface area contributed by atoms with Gasteiger partial charge in [-0.3, -0.25) is 14.5 Å². The molecule has 10 heteroatoms. The van der Waals surface area contributed by atoms with E-state index in [4.69, 9.17) is 12.2 Å². The third-order valence-electron chi connectivity index (χ3n) is 4.43. The first-order valence-corrected chi connectivity index (χ1v) is 10.6. The number of carbonyl (C=O) groups excluding carboxylic acids is 1. The van der Waals surface area contributed by atoms with Crippen LogP contribution in [-0.4, -0.2) is 41.2 Å². The maximum absolute atomic E-state index is 12.4. The number of hydrogen-bond donors (Lipinski definition) is 2. The number of aromatic nitrogens is 6. The molecule has 0 aliphatic rings. The lowest BCUT2D eigenvalue weighted by molar-refractivity contribution is -0.118. The second kappa shape index (κ2) is 9.06. The molecule has 0 aliphatic carbocycles. The number of nitrogens with one attached hydrogen (secondary N) is 2. The first-order valence-electron chi connectivity index (χ1n) is 9.19. The van der Waals surface area contributed by atoms with Crippen molar-refractivity contribution in [1.82, 2.24) is 34.8 Å². The summed E-state index contributed by atoms with van der Waals surface area (Å²) < 4.78 is 4.20. The van der Waals surface area contributed by atoms with Gasteiger partial charge in [0.2, 0.25) is 5.91 Å². The lowest BCUT2D eigenvalue weighted by Crippen LogP contribution is -2.26. The number of nitrogens with zero attached hydrogens (tertiary/aromatic N) is 5. The highest BCUT2D eigenvalue weighted by molar-refractivity contribution is 7.99. The molecule has 0 radical (unpaired) electrons. The minimum atomic E-state index is -0.127. The Morgan fingerprint density at radius 2 is 1.80 bits per heavy atom. The molecular formula is C20H19N7OS2. The molecule has 0 spiro atoms. The zero-order valence-corrected chi connectivity index (χ0v) is 17.8. The molecule has 0 aliphatic heterocycles. The van der Waals surface area contributed by atoms with Crippen LogP contribution >= 0.6 is 24.0 Å². The Bertz CT molecular complexity index is 1200. The number of carbonyl (C=O) groups is 1. The molecule has 0 unspecified atom stereocenters. The second-order valence-electron chi connectivity index (χ2n) is 6.41. The summed E-state index contributed by atoms with van der Waals surface area (Å²) in [6.45, 7) is 0.295. The highest BCUT2D eigenvalue weighted by Gasteiger charge is 2.17. The third-order valence-corrected chi connectivity index (χ3v) is 5.72. The van der Waals surface area contributed by atoms with Crippen molar-refractivity contribution in [3.05, 3.63) is 71.3 Å². The Kier molecular flexibility index (Phi) is 6.05. The van der Waals surface area contributed by atoms with E-state index >= 15 is 0 Å². The molecule has 0 fully saturated rings. The van der Waals surface area contributed by atoms with Gasteiger partial charge < -0.3 is 9.88 Å². The molecule has 8 nitrogen and oxygen atoms in total. The number of benzene rings is 2. The molecule has 0 saturated heterocycles. The fraction of sp³-hybridized carbons (Fsp3) is 0.150. The van der Waals surface area contributed by atoms with Crippen molar-refractivity contribution in [1.29, 1.82) is 0 Å². The summed E-state index contributed by atoms with van der Waals surface area (Å²) in [4.78, 5) is 12.4. The number of hydrogen-bond acceptors (Lipinski definition) is 6. The average molecular weight is 438 g/mol. The van der Waals surface area contributed by atoms with Gasteiger partial charge in [-0.25, -0.2) is 0 Å². The fourth-order valence-electron chi connectivity index (χ4n) is 2.84. The molecule has 1 amide bonds. The summed E-state index contributed by atoms with van der Waals surface area (Å²) in [5, 5.41) is 19.0. The van der Waals surface area contributed by atoms with Gasteiger partial charge in [-0.05, 0) is 24.4 Å². The summed E-state index contributed by atoms with van der Waals surface area (Å²) in [5.74, 6) is 1.47.